The van der Waals surface area contributed by atoms with Crippen molar-refractivity contribution >= 4 is 46.0 Å². The van der Waals surface area contributed by atoms with Crippen molar-refractivity contribution in [3.63, 3.8) is 0 Å². The number of hydrogen-bond acceptors (Lipinski definition) is 9. The number of nitrogens with zero attached hydrogens (tertiary/aromatic N) is 6. The molecule has 6 rings (SSSR count). The lowest BCUT2D eigenvalue weighted by Gasteiger charge is -2.44. The van der Waals surface area contributed by atoms with Gasteiger partial charge in [-0.25, -0.2) is 24.1 Å². The number of benzene rings is 1. The zero-order valence-electron chi connectivity index (χ0n) is 25.9. The number of nitrogens with one attached hydrogen (secondary N) is 2. The number of aryl methyl sites for hydroxylation is 1. The fourth-order valence-electron chi connectivity index (χ4n) is 5.87. The summed E-state index contributed by atoms with van der Waals surface area (Å²) in [5.41, 5.74) is 1.53. The Morgan fingerprint density at radius 3 is 2.41 bits per heavy atom. The molecule has 0 radical (unpaired) electrons. The fourth-order valence-corrected chi connectivity index (χ4v) is 7.73. The van der Waals surface area contributed by atoms with Crippen LogP contribution in [0.15, 0.2) is 76.2 Å². The Labute approximate surface area is 276 Å². The summed E-state index contributed by atoms with van der Waals surface area (Å²) in [4.78, 5) is 45.8. The van der Waals surface area contributed by atoms with Crippen LogP contribution in [-0.4, -0.2) is 94.5 Å². The number of likely N-dealkylation sites (tertiary alicyclic amines) is 1. The molecule has 0 aliphatic carbocycles. The van der Waals surface area contributed by atoms with Gasteiger partial charge in [0.1, 0.15) is 5.82 Å². The minimum Gasteiger partial charge on any atom is -0.350 e. The number of carbonyl (C=O) groups is 2. The molecule has 0 spiro atoms. The van der Waals surface area contributed by atoms with Crippen LogP contribution in [0.3, 0.4) is 0 Å². The SMILES string of the molecule is Cc1ccnc(Nc2ncc(Sc3ccnc(C(=O)NCC4(c5ccccc5)CCN(C(=O)N5CCN(C)CC5)CC4)c3F)s2)c1. The van der Waals surface area contributed by atoms with Crippen LogP contribution in [0.1, 0.15) is 34.5 Å². The standard InChI is InChI=1S/C33H37FN8O2S2/c1-23-8-12-35-26(20-23)39-31-37-21-27(46-31)45-25-9-13-36-29(28(25)34)30(43)38-22-33(24-6-4-3-5-7-24)10-14-41(15-11-33)32(44)42-18-16-40(2)17-19-42/h3-9,12-13,20-21H,10-11,14-19,22H2,1-2H3,(H,38,43)(H,35,37,39). The molecule has 0 atom stereocenters. The van der Waals surface area contributed by atoms with Crippen molar-refractivity contribution in [1.29, 1.82) is 0 Å². The summed E-state index contributed by atoms with van der Waals surface area (Å²) < 4.78 is 16.5. The van der Waals surface area contributed by atoms with Gasteiger partial charge in [-0.15, -0.1) is 0 Å². The van der Waals surface area contributed by atoms with Gasteiger partial charge >= 0.3 is 6.03 Å². The van der Waals surface area contributed by atoms with E-state index in [-0.39, 0.29) is 16.6 Å². The number of urea groups is 1. The maximum absolute atomic E-state index is 15.7. The number of piperazine rings is 1. The minimum absolute atomic E-state index is 0.0788. The number of pyridine rings is 2. The largest absolute Gasteiger partial charge is 0.350 e. The van der Waals surface area contributed by atoms with Crippen molar-refractivity contribution in [1.82, 2.24) is 35.0 Å². The average Bonchev–Trinajstić information content (AvgIpc) is 3.51. The maximum atomic E-state index is 15.7. The third-order valence-corrected chi connectivity index (χ3v) is 10.7. The molecule has 3 amide bonds. The normalized spacial score (nSPS) is 16.7. The fraction of sp³-hybridized carbons (Fsp3) is 0.364. The van der Waals surface area contributed by atoms with Gasteiger partial charge in [-0.3, -0.25) is 4.79 Å². The first-order valence-corrected chi connectivity index (χ1v) is 17.0. The first-order valence-electron chi connectivity index (χ1n) is 15.3. The Balaban J connectivity index is 1.11. The predicted molar refractivity (Wildman–Crippen MR) is 178 cm³/mol. The van der Waals surface area contributed by atoms with E-state index in [0.29, 0.717) is 43.4 Å². The molecular formula is C33H37FN8O2S2. The molecule has 13 heteroatoms. The van der Waals surface area contributed by atoms with E-state index in [2.05, 4.69) is 49.7 Å². The molecule has 1 aromatic carbocycles. The Morgan fingerprint density at radius 1 is 0.957 bits per heavy atom. The molecule has 240 valence electrons. The first kappa shape index (κ1) is 31.9. The van der Waals surface area contributed by atoms with Crippen LogP contribution in [0, 0.1) is 12.7 Å². The van der Waals surface area contributed by atoms with Crippen LogP contribution in [0.4, 0.5) is 20.1 Å². The maximum Gasteiger partial charge on any atom is 0.320 e. The van der Waals surface area contributed by atoms with Crippen molar-refractivity contribution in [2.75, 3.05) is 58.2 Å². The van der Waals surface area contributed by atoms with E-state index in [4.69, 9.17) is 0 Å². The Kier molecular flexibility index (Phi) is 9.81. The molecule has 0 bridgehead atoms. The molecule has 46 heavy (non-hydrogen) atoms. The summed E-state index contributed by atoms with van der Waals surface area (Å²) in [7, 11) is 2.07. The molecule has 2 saturated heterocycles. The first-order chi connectivity index (χ1) is 22.3. The van der Waals surface area contributed by atoms with Gasteiger partial charge in [-0.1, -0.05) is 53.4 Å². The van der Waals surface area contributed by atoms with Crippen LogP contribution in [0.25, 0.3) is 0 Å². The highest BCUT2D eigenvalue weighted by Gasteiger charge is 2.39. The number of amides is 3. The van der Waals surface area contributed by atoms with Crippen LogP contribution in [0.5, 0.6) is 0 Å². The van der Waals surface area contributed by atoms with Gasteiger partial charge in [0, 0.05) is 63.6 Å². The summed E-state index contributed by atoms with van der Waals surface area (Å²) in [5.74, 6) is -0.557. The van der Waals surface area contributed by atoms with Crippen molar-refractivity contribution in [3.05, 3.63) is 89.8 Å². The van der Waals surface area contributed by atoms with Crippen molar-refractivity contribution < 1.29 is 14.0 Å². The second-order valence-corrected chi connectivity index (χ2v) is 14.2. The van der Waals surface area contributed by atoms with Gasteiger partial charge in [-0.05, 0) is 56.1 Å². The van der Waals surface area contributed by atoms with Gasteiger partial charge in [0.2, 0.25) is 0 Å². The van der Waals surface area contributed by atoms with Crippen LogP contribution < -0.4 is 10.6 Å². The minimum atomic E-state index is -0.672. The Bertz CT molecular complexity index is 1670. The van der Waals surface area contributed by atoms with E-state index in [1.54, 1.807) is 18.5 Å². The number of likely N-dealkylation sites (N-methyl/N-ethyl adjacent to an activating group) is 1. The number of thiazole rings is 1. The molecule has 2 fully saturated rings. The van der Waals surface area contributed by atoms with Gasteiger partial charge in [0.05, 0.1) is 15.3 Å². The summed E-state index contributed by atoms with van der Waals surface area (Å²) in [6.07, 6.45) is 6.20. The number of aromatic nitrogens is 3. The highest BCUT2D eigenvalue weighted by atomic mass is 32.2. The number of halogens is 1. The van der Waals surface area contributed by atoms with E-state index in [1.165, 1.54) is 29.3 Å². The third kappa shape index (κ3) is 7.32. The number of hydrogen-bond donors (Lipinski definition) is 2. The van der Waals surface area contributed by atoms with E-state index in [1.807, 2.05) is 47.1 Å². The lowest BCUT2D eigenvalue weighted by molar-refractivity contribution is 0.0887. The van der Waals surface area contributed by atoms with Gasteiger partial charge in [0.15, 0.2) is 16.6 Å². The van der Waals surface area contributed by atoms with E-state index >= 15 is 4.39 Å². The Hall–Kier alpha value is -4.07. The van der Waals surface area contributed by atoms with E-state index in [9.17, 15) is 9.59 Å². The molecule has 2 aliphatic heterocycles. The molecule has 2 N–H and O–H groups in total. The predicted octanol–water partition coefficient (Wildman–Crippen LogP) is 5.41. The molecule has 4 aromatic rings. The quantitative estimate of drug-likeness (QED) is 0.259. The number of rotatable bonds is 8. The topological polar surface area (TPSA) is 107 Å². The molecule has 2 aliphatic rings. The van der Waals surface area contributed by atoms with Gasteiger partial charge in [-0.2, -0.15) is 0 Å². The number of piperidine rings is 1. The van der Waals surface area contributed by atoms with Gasteiger partial charge in [0.25, 0.3) is 5.91 Å². The number of carbonyl (C=O) groups excluding carboxylic acids is 2. The average molecular weight is 661 g/mol. The van der Waals surface area contributed by atoms with Crippen LogP contribution in [-0.2, 0) is 5.41 Å². The highest BCUT2D eigenvalue weighted by Crippen LogP contribution is 2.37. The van der Waals surface area contributed by atoms with Crippen molar-refractivity contribution in [3.8, 4) is 0 Å². The summed E-state index contributed by atoms with van der Waals surface area (Å²) >= 11 is 2.56. The van der Waals surface area contributed by atoms with Crippen molar-refractivity contribution in [2.24, 2.45) is 0 Å². The van der Waals surface area contributed by atoms with E-state index < -0.39 is 17.1 Å². The lowest BCUT2D eigenvalue weighted by Crippen LogP contribution is -2.56. The second kappa shape index (κ2) is 14.1. The van der Waals surface area contributed by atoms with Crippen LogP contribution >= 0.6 is 23.1 Å². The van der Waals surface area contributed by atoms with Crippen molar-refractivity contribution in [2.45, 2.75) is 34.3 Å². The molecule has 3 aromatic heterocycles. The molecule has 10 nitrogen and oxygen atoms in total. The summed E-state index contributed by atoms with van der Waals surface area (Å²) in [5, 5.41) is 6.80. The summed E-state index contributed by atoms with van der Waals surface area (Å²) in [6.45, 7) is 6.66. The third-order valence-electron chi connectivity index (χ3n) is 8.65. The van der Waals surface area contributed by atoms with Crippen LogP contribution in [0.2, 0.25) is 0 Å². The van der Waals surface area contributed by atoms with E-state index in [0.717, 1.165) is 41.5 Å². The molecule has 5 heterocycles. The monoisotopic (exact) mass is 660 g/mol. The highest BCUT2D eigenvalue weighted by molar-refractivity contribution is 8.01. The number of anilines is 2. The molecule has 0 saturated carbocycles. The van der Waals surface area contributed by atoms with Gasteiger partial charge < -0.3 is 25.3 Å². The molecule has 0 unspecified atom stereocenters. The molecular weight excluding hydrogens is 624 g/mol. The lowest BCUT2D eigenvalue weighted by atomic mass is 9.72. The second-order valence-electron chi connectivity index (χ2n) is 11.8. The Morgan fingerprint density at radius 2 is 1.67 bits per heavy atom. The zero-order valence-corrected chi connectivity index (χ0v) is 27.5. The summed E-state index contributed by atoms with van der Waals surface area (Å²) in [6, 6.07) is 15.5. The zero-order chi connectivity index (χ0) is 32.1. The smallest absolute Gasteiger partial charge is 0.320 e.